The first kappa shape index (κ1) is 18.5. The van der Waals surface area contributed by atoms with Gasteiger partial charge < -0.3 is 20.6 Å². The van der Waals surface area contributed by atoms with Gasteiger partial charge in [0, 0.05) is 45.6 Å². The first-order chi connectivity index (χ1) is 10.5. The Bertz CT molecular complexity index is 430. The van der Waals surface area contributed by atoms with Crippen molar-refractivity contribution in [3.63, 3.8) is 0 Å². The van der Waals surface area contributed by atoms with Gasteiger partial charge in [0.05, 0.1) is 11.1 Å². The summed E-state index contributed by atoms with van der Waals surface area (Å²) in [5.74, 6) is -2.68. The van der Waals surface area contributed by atoms with Crippen LogP contribution in [0, 0.1) is 0 Å². The van der Waals surface area contributed by atoms with Crippen LogP contribution >= 0.6 is 0 Å². The fourth-order valence-electron chi connectivity index (χ4n) is 3.40. The molecule has 0 bridgehead atoms. The molecular weight excluding hydrogens is 304 g/mol. The minimum atomic E-state index is -2.57. The molecule has 1 atom stereocenters. The minimum Gasteiger partial charge on any atom is -0.388 e. The van der Waals surface area contributed by atoms with E-state index >= 15 is 0 Å². The molecule has 0 saturated carbocycles. The van der Waals surface area contributed by atoms with Gasteiger partial charge in [0.25, 0.3) is 5.92 Å². The maximum atomic E-state index is 13.2. The predicted octanol–water partition coefficient (Wildman–Crippen LogP) is 1.20. The SMILES string of the molecule is CC(C)(N)C(=O)N1CCC[C@](O)(CN2CCC(F)(F)CC2)CC1. The largest absolute Gasteiger partial charge is 0.388 e. The number of aliphatic hydroxyl groups is 1. The highest BCUT2D eigenvalue weighted by atomic mass is 19.3. The minimum absolute atomic E-state index is 0.112. The average Bonchev–Trinajstić information content (AvgIpc) is 2.62. The molecule has 2 aliphatic rings. The Morgan fingerprint density at radius 3 is 2.30 bits per heavy atom. The highest BCUT2D eigenvalue weighted by Gasteiger charge is 2.39. The first-order valence-electron chi connectivity index (χ1n) is 8.42. The fourth-order valence-corrected chi connectivity index (χ4v) is 3.40. The molecule has 2 rings (SSSR count). The number of amides is 1. The number of nitrogens with zero attached hydrogens (tertiary/aromatic N) is 2. The van der Waals surface area contributed by atoms with Gasteiger partial charge in [0.15, 0.2) is 0 Å². The second kappa shape index (κ2) is 6.61. The predicted molar refractivity (Wildman–Crippen MR) is 84.3 cm³/mol. The van der Waals surface area contributed by atoms with Crippen molar-refractivity contribution >= 4 is 5.91 Å². The summed E-state index contributed by atoms with van der Waals surface area (Å²) in [5.41, 5.74) is 4.04. The molecule has 0 aliphatic carbocycles. The molecule has 0 aromatic carbocycles. The zero-order valence-electron chi connectivity index (χ0n) is 14.2. The van der Waals surface area contributed by atoms with E-state index in [4.69, 9.17) is 5.73 Å². The van der Waals surface area contributed by atoms with Crippen LogP contribution in [0.5, 0.6) is 0 Å². The Morgan fingerprint density at radius 1 is 1.13 bits per heavy atom. The number of hydrogen-bond acceptors (Lipinski definition) is 4. The van der Waals surface area contributed by atoms with E-state index in [0.717, 1.165) is 0 Å². The molecule has 2 aliphatic heterocycles. The fraction of sp³-hybridized carbons (Fsp3) is 0.938. The molecule has 2 heterocycles. The topological polar surface area (TPSA) is 69.8 Å². The number of likely N-dealkylation sites (tertiary alicyclic amines) is 2. The number of alkyl halides is 2. The zero-order valence-corrected chi connectivity index (χ0v) is 14.2. The Hall–Kier alpha value is -0.790. The van der Waals surface area contributed by atoms with Crippen molar-refractivity contribution in [2.24, 2.45) is 5.73 Å². The van der Waals surface area contributed by atoms with Crippen LogP contribution in [0.1, 0.15) is 46.0 Å². The molecule has 3 N–H and O–H groups in total. The van der Waals surface area contributed by atoms with Crippen molar-refractivity contribution in [3.8, 4) is 0 Å². The molecule has 0 aromatic heterocycles. The maximum absolute atomic E-state index is 13.2. The van der Waals surface area contributed by atoms with Crippen LogP contribution in [0.2, 0.25) is 0 Å². The molecule has 1 amide bonds. The van der Waals surface area contributed by atoms with Gasteiger partial charge in [-0.25, -0.2) is 8.78 Å². The molecule has 7 heteroatoms. The highest BCUT2D eigenvalue weighted by Crippen LogP contribution is 2.30. The van der Waals surface area contributed by atoms with Crippen LogP contribution in [0.3, 0.4) is 0 Å². The van der Waals surface area contributed by atoms with Crippen LogP contribution in [0.4, 0.5) is 8.78 Å². The van der Waals surface area contributed by atoms with Gasteiger partial charge in [-0.1, -0.05) is 0 Å². The molecular formula is C16H29F2N3O2. The van der Waals surface area contributed by atoms with Crippen LogP contribution in [0.15, 0.2) is 0 Å². The average molecular weight is 333 g/mol. The second-order valence-corrected chi connectivity index (χ2v) is 7.72. The van der Waals surface area contributed by atoms with Gasteiger partial charge in [-0.3, -0.25) is 4.79 Å². The van der Waals surface area contributed by atoms with E-state index in [2.05, 4.69) is 0 Å². The van der Waals surface area contributed by atoms with Gasteiger partial charge in [-0.05, 0) is 33.1 Å². The Balaban J connectivity index is 1.90. The number of halogens is 2. The second-order valence-electron chi connectivity index (χ2n) is 7.72. The van der Waals surface area contributed by atoms with E-state index in [1.165, 1.54) is 0 Å². The van der Waals surface area contributed by atoms with Crippen LogP contribution < -0.4 is 5.73 Å². The smallest absolute Gasteiger partial charge is 0.250 e. The van der Waals surface area contributed by atoms with E-state index in [0.29, 0.717) is 52.0 Å². The monoisotopic (exact) mass is 333 g/mol. The van der Waals surface area contributed by atoms with Gasteiger partial charge >= 0.3 is 0 Å². The number of nitrogens with two attached hydrogens (primary N) is 1. The highest BCUT2D eigenvalue weighted by molar-refractivity contribution is 5.85. The van der Waals surface area contributed by atoms with Gasteiger partial charge in [0.1, 0.15) is 0 Å². The number of hydrogen-bond donors (Lipinski definition) is 2. The summed E-state index contributed by atoms with van der Waals surface area (Å²) < 4.78 is 26.4. The number of carbonyl (C=O) groups excluding carboxylic acids is 1. The standard InChI is InChI=1S/C16H29F2N3O2/c1-14(2,19)13(22)21-8-3-4-15(23,5-11-21)12-20-9-6-16(17,18)7-10-20/h23H,3-12,19H2,1-2H3/t15-/m1/s1. The molecule has 0 aromatic rings. The molecule has 0 radical (unpaired) electrons. The van der Waals surface area contributed by atoms with E-state index in [1.807, 2.05) is 4.90 Å². The van der Waals surface area contributed by atoms with Crippen molar-refractivity contribution in [3.05, 3.63) is 0 Å². The Labute approximate surface area is 136 Å². The Kier molecular flexibility index (Phi) is 5.33. The third-order valence-corrected chi connectivity index (χ3v) is 4.86. The summed E-state index contributed by atoms with van der Waals surface area (Å²) in [6, 6.07) is 0. The van der Waals surface area contributed by atoms with Gasteiger partial charge in [-0.2, -0.15) is 0 Å². The van der Waals surface area contributed by atoms with Gasteiger partial charge in [0.2, 0.25) is 5.91 Å². The maximum Gasteiger partial charge on any atom is 0.250 e. The molecule has 5 nitrogen and oxygen atoms in total. The number of rotatable bonds is 3. The molecule has 23 heavy (non-hydrogen) atoms. The van der Waals surface area contributed by atoms with Gasteiger partial charge in [-0.15, -0.1) is 0 Å². The van der Waals surface area contributed by atoms with Crippen molar-refractivity contribution in [1.82, 2.24) is 9.80 Å². The third-order valence-electron chi connectivity index (χ3n) is 4.86. The van der Waals surface area contributed by atoms with Crippen LogP contribution in [-0.2, 0) is 4.79 Å². The van der Waals surface area contributed by atoms with Crippen LogP contribution in [-0.4, -0.2) is 70.6 Å². The lowest BCUT2D eigenvalue weighted by atomic mass is 9.93. The van der Waals surface area contributed by atoms with E-state index in [1.54, 1.807) is 18.7 Å². The quantitative estimate of drug-likeness (QED) is 0.814. The number of carbonyl (C=O) groups is 1. The summed E-state index contributed by atoms with van der Waals surface area (Å²) in [4.78, 5) is 15.9. The molecule has 134 valence electrons. The Morgan fingerprint density at radius 2 is 1.74 bits per heavy atom. The normalized spacial score (nSPS) is 30.1. The summed E-state index contributed by atoms with van der Waals surface area (Å²) in [6.07, 6.45) is 1.45. The zero-order chi connectivity index (χ0) is 17.3. The summed E-state index contributed by atoms with van der Waals surface area (Å²) in [5, 5.41) is 10.8. The molecule has 0 spiro atoms. The summed E-state index contributed by atoms with van der Waals surface area (Å²) in [6.45, 7) is 5.43. The molecule has 2 saturated heterocycles. The molecule has 2 fully saturated rings. The first-order valence-corrected chi connectivity index (χ1v) is 8.42. The van der Waals surface area contributed by atoms with E-state index < -0.39 is 17.1 Å². The van der Waals surface area contributed by atoms with E-state index in [9.17, 15) is 18.7 Å². The lowest BCUT2D eigenvalue weighted by Crippen LogP contribution is -2.52. The van der Waals surface area contributed by atoms with E-state index in [-0.39, 0.29) is 18.7 Å². The van der Waals surface area contributed by atoms with Crippen LogP contribution in [0.25, 0.3) is 0 Å². The lowest BCUT2D eigenvalue weighted by molar-refractivity contribution is -0.136. The van der Waals surface area contributed by atoms with Crippen molar-refractivity contribution in [1.29, 1.82) is 0 Å². The summed E-state index contributed by atoms with van der Waals surface area (Å²) in [7, 11) is 0. The van der Waals surface area contributed by atoms with Crippen molar-refractivity contribution < 1.29 is 18.7 Å². The summed E-state index contributed by atoms with van der Waals surface area (Å²) >= 11 is 0. The lowest BCUT2D eigenvalue weighted by Gasteiger charge is -2.38. The third kappa shape index (κ3) is 5.09. The van der Waals surface area contributed by atoms with Crippen molar-refractivity contribution in [2.75, 3.05) is 32.7 Å². The number of β-amino-alcohol motifs (C(OH)–C–C–N with tert-alkyl or cyclic N) is 1. The van der Waals surface area contributed by atoms with Crippen molar-refractivity contribution in [2.45, 2.75) is 63.0 Å². The molecule has 0 unspecified atom stereocenters. The number of piperidine rings is 1.